The number of carbonyl (C=O) groups excluding carboxylic acids is 2. The van der Waals surface area contributed by atoms with Crippen molar-refractivity contribution < 1.29 is 23.9 Å². The number of anilines is 1. The van der Waals surface area contributed by atoms with E-state index in [1.54, 1.807) is 26.0 Å². The minimum absolute atomic E-state index is 0.0187. The lowest BCUT2D eigenvalue weighted by atomic mass is 9.84. The Labute approximate surface area is 175 Å². The van der Waals surface area contributed by atoms with Gasteiger partial charge in [0.15, 0.2) is 0 Å². The van der Waals surface area contributed by atoms with E-state index >= 15 is 4.39 Å². The lowest BCUT2D eigenvalue weighted by molar-refractivity contribution is -0.138. The fourth-order valence-electron chi connectivity index (χ4n) is 4.78. The van der Waals surface area contributed by atoms with Crippen LogP contribution in [0.3, 0.4) is 0 Å². The Bertz CT molecular complexity index is 905. The smallest absolute Gasteiger partial charge is 0.303 e. The first kappa shape index (κ1) is 20.8. The highest BCUT2D eigenvalue weighted by Crippen LogP contribution is 2.48. The number of benzene rings is 1. The Kier molecular flexibility index (Phi) is 5.11. The van der Waals surface area contributed by atoms with Crippen molar-refractivity contribution in [3.63, 3.8) is 0 Å². The van der Waals surface area contributed by atoms with Gasteiger partial charge in [0.05, 0.1) is 11.1 Å². The molecule has 2 saturated carbocycles. The van der Waals surface area contributed by atoms with E-state index in [1.807, 2.05) is 6.92 Å². The fourth-order valence-corrected chi connectivity index (χ4v) is 4.78. The first-order chi connectivity index (χ1) is 14.1. The minimum atomic E-state index is -1.03. The molecule has 1 heterocycles. The summed E-state index contributed by atoms with van der Waals surface area (Å²) in [7, 11) is 0. The number of rotatable bonds is 8. The Morgan fingerprint density at radius 3 is 2.50 bits per heavy atom. The van der Waals surface area contributed by atoms with Crippen molar-refractivity contribution in [3.05, 3.63) is 29.1 Å². The van der Waals surface area contributed by atoms with E-state index < -0.39 is 11.4 Å². The van der Waals surface area contributed by atoms with Gasteiger partial charge in [-0.05, 0) is 68.9 Å². The molecule has 30 heavy (non-hydrogen) atoms. The maximum atomic E-state index is 15.3. The molecule has 2 aliphatic carbocycles. The SMILES string of the molecule is C[C@@H](CC(=O)O)[C@H](NC(=O)CN1C(=O)C(C)(C)c2c1ccc(C1CC1)c2F)C1CC1. The van der Waals surface area contributed by atoms with Crippen LogP contribution < -0.4 is 10.2 Å². The van der Waals surface area contributed by atoms with Gasteiger partial charge in [0.25, 0.3) is 0 Å². The monoisotopic (exact) mass is 416 g/mol. The van der Waals surface area contributed by atoms with Gasteiger partial charge in [-0.25, -0.2) is 4.39 Å². The first-order valence-electron chi connectivity index (χ1n) is 10.8. The molecule has 0 bridgehead atoms. The predicted octanol–water partition coefficient (Wildman–Crippen LogP) is 3.33. The summed E-state index contributed by atoms with van der Waals surface area (Å²) < 4.78 is 15.3. The third-order valence-corrected chi connectivity index (χ3v) is 6.73. The van der Waals surface area contributed by atoms with E-state index in [9.17, 15) is 14.4 Å². The summed E-state index contributed by atoms with van der Waals surface area (Å²) in [5.41, 5.74) is 0.473. The Hall–Kier alpha value is -2.44. The zero-order valence-corrected chi connectivity index (χ0v) is 17.7. The van der Waals surface area contributed by atoms with Crippen LogP contribution in [0.1, 0.15) is 69.9 Å². The summed E-state index contributed by atoms with van der Waals surface area (Å²) in [6, 6.07) is 3.28. The molecule has 2 amide bonds. The predicted molar refractivity (Wildman–Crippen MR) is 110 cm³/mol. The number of amides is 2. The molecule has 6 nitrogen and oxygen atoms in total. The Morgan fingerprint density at radius 1 is 1.27 bits per heavy atom. The molecule has 1 aliphatic heterocycles. The maximum absolute atomic E-state index is 15.3. The van der Waals surface area contributed by atoms with Gasteiger partial charge in [-0.15, -0.1) is 0 Å². The van der Waals surface area contributed by atoms with Crippen LogP contribution in [0.5, 0.6) is 0 Å². The van der Waals surface area contributed by atoms with E-state index in [0.29, 0.717) is 16.8 Å². The summed E-state index contributed by atoms with van der Waals surface area (Å²) >= 11 is 0. The zero-order chi connectivity index (χ0) is 21.8. The van der Waals surface area contributed by atoms with Gasteiger partial charge < -0.3 is 15.3 Å². The fraction of sp³-hybridized carbons (Fsp3) is 0.609. The van der Waals surface area contributed by atoms with Crippen molar-refractivity contribution in [2.75, 3.05) is 11.4 Å². The van der Waals surface area contributed by atoms with Crippen LogP contribution in [-0.4, -0.2) is 35.5 Å². The number of fused-ring (bicyclic) bond motifs is 1. The number of aliphatic carboxylic acids is 1. The highest BCUT2D eigenvalue weighted by atomic mass is 19.1. The largest absolute Gasteiger partial charge is 0.481 e. The number of halogens is 1. The summed E-state index contributed by atoms with van der Waals surface area (Å²) in [4.78, 5) is 38.4. The topological polar surface area (TPSA) is 86.7 Å². The molecular formula is C23H29FN2O4. The molecule has 0 saturated heterocycles. The highest BCUT2D eigenvalue weighted by molar-refractivity contribution is 6.10. The van der Waals surface area contributed by atoms with Crippen molar-refractivity contribution in [1.82, 2.24) is 5.32 Å². The average molecular weight is 416 g/mol. The molecule has 3 aliphatic rings. The molecule has 0 aromatic heterocycles. The third kappa shape index (κ3) is 3.70. The van der Waals surface area contributed by atoms with Gasteiger partial charge >= 0.3 is 5.97 Å². The average Bonchev–Trinajstić information content (AvgIpc) is 3.55. The highest BCUT2D eigenvalue weighted by Gasteiger charge is 2.48. The molecule has 2 fully saturated rings. The van der Waals surface area contributed by atoms with Crippen LogP contribution in [0.15, 0.2) is 12.1 Å². The number of carboxylic acids is 1. The first-order valence-corrected chi connectivity index (χ1v) is 10.8. The van der Waals surface area contributed by atoms with Gasteiger partial charge in [0, 0.05) is 18.0 Å². The van der Waals surface area contributed by atoms with Gasteiger partial charge in [-0.2, -0.15) is 0 Å². The van der Waals surface area contributed by atoms with E-state index in [2.05, 4.69) is 5.32 Å². The zero-order valence-electron chi connectivity index (χ0n) is 17.7. The quantitative estimate of drug-likeness (QED) is 0.681. The van der Waals surface area contributed by atoms with Crippen molar-refractivity contribution in [3.8, 4) is 0 Å². The van der Waals surface area contributed by atoms with Crippen LogP contribution >= 0.6 is 0 Å². The van der Waals surface area contributed by atoms with Crippen LogP contribution in [0, 0.1) is 17.7 Å². The minimum Gasteiger partial charge on any atom is -0.481 e. The molecule has 1 aromatic rings. The third-order valence-electron chi connectivity index (χ3n) is 6.73. The maximum Gasteiger partial charge on any atom is 0.303 e. The molecule has 0 spiro atoms. The summed E-state index contributed by atoms with van der Waals surface area (Å²) in [5.74, 6) is -1.53. The van der Waals surface area contributed by atoms with E-state index in [1.165, 1.54) is 4.90 Å². The normalized spacial score (nSPS) is 21.9. The van der Waals surface area contributed by atoms with Crippen molar-refractivity contribution in [1.29, 1.82) is 0 Å². The second-order valence-electron chi connectivity index (χ2n) is 9.66. The Morgan fingerprint density at radius 2 is 1.93 bits per heavy atom. The second-order valence-corrected chi connectivity index (χ2v) is 9.66. The van der Waals surface area contributed by atoms with Crippen LogP contribution in [0.25, 0.3) is 0 Å². The van der Waals surface area contributed by atoms with Gasteiger partial charge in [0.1, 0.15) is 12.4 Å². The van der Waals surface area contributed by atoms with E-state index in [0.717, 1.165) is 25.7 Å². The molecule has 7 heteroatoms. The standard InChI is InChI=1S/C23H29FN2O4/c1-12(10-18(28)29)21(14-6-7-14)25-17(27)11-26-16-9-8-15(13-4-5-13)20(24)19(16)23(2,3)22(26)30/h8-9,12-14,21H,4-7,10-11H2,1-3H3,(H,25,27)(H,28,29)/t12-,21-/m0/s1. The lowest BCUT2D eigenvalue weighted by Gasteiger charge is -2.26. The van der Waals surface area contributed by atoms with Crippen LogP contribution in [0.2, 0.25) is 0 Å². The molecule has 0 radical (unpaired) electrons. The number of carbonyl (C=O) groups is 3. The molecule has 1 aromatic carbocycles. The molecule has 2 N–H and O–H groups in total. The lowest BCUT2D eigenvalue weighted by Crippen LogP contribution is -2.48. The van der Waals surface area contributed by atoms with Crippen LogP contribution in [-0.2, 0) is 19.8 Å². The van der Waals surface area contributed by atoms with Gasteiger partial charge in [0.2, 0.25) is 11.8 Å². The number of nitrogens with one attached hydrogen (secondary N) is 1. The number of nitrogens with zero attached hydrogens (tertiary/aromatic N) is 1. The second kappa shape index (κ2) is 7.36. The Balaban J connectivity index is 1.53. The van der Waals surface area contributed by atoms with Crippen molar-refractivity contribution in [2.45, 2.75) is 70.3 Å². The van der Waals surface area contributed by atoms with Crippen molar-refractivity contribution in [2.24, 2.45) is 11.8 Å². The molecule has 0 unspecified atom stereocenters. The van der Waals surface area contributed by atoms with Crippen LogP contribution in [0.4, 0.5) is 10.1 Å². The van der Waals surface area contributed by atoms with Gasteiger partial charge in [-0.3, -0.25) is 14.4 Å². The van der Waals surface area contributed by atoms with E-state index in [4.69, 9.17) is 5.11 Å². The molecule has 162 valence electrons. The number of hydrogen-bond donors (Lipinski definition) is 2. The molecular weight excluding hydrogens is 387 g/mol. The number of carboxylic acid groups (broad SMARTS) is 1. The molecule has 4 rings (SSSR count). The molecule has 2 atom stereocenters. The van der Waals surface area contributed by atoms with Crippen molar-refractivity contribution >= 4 is 23.5 Å². The summed E-state index contributed by atoms with van der Waals surface area (Å²) in [5, 5.41) is 12.0. The summed E-state index contributed by atoms with van der Waals surface area (Å²) in [6.07, 6.45) is 3.83. The van der Waals surface area contributed by atoms with Gasteiger partial charge in [-0.1, -0.05) is 13.0 Å². The summed E-state index contributed by atoms with van der Waals surface area (Å²) in [6.45, 7) is 5.04. The number of hydrogen-bond acceptors (Lipinski definition) is 3. The van der Waals surface area contributed by atoms with E-state index in [-0.39, 0.29) is 54.4 Å².